The molecule has 1 amide bonds. The number of amides is 1. The highest BCUT2D eigenvalue weighted by molar-refractivity contribution is 5.96. The quantitative estimate of drug-likeness (QED) is 0.850. The van der Waals surface area contributed by atoms with Crippen LogP contribution in [0.25, 0.3) is 0 Å². The van der Waals surface area contributed by atoms with Crippen LogP contribution in [0.1, 0.15) is 46.8 Å². The normalized spacial score (nSPS) is 15.9. The van der Waals surface area contributed by atoms with Crippen molar-refractivity contribution in [3.63, 3.8) is 0 Å². The van der Waals surface area contributed by atoms with Crippen LogP contribution in [0, 0.1) is 0 Å². The first-order valence-corrected chi connectivity index (χ1v) is 9.27. The van der Waals surface area contributed by atoms with Crippen molar-refractivity contribution in [1.82, 2.24) is 14.8 Å². The monoisotopic (exact) mass is 367 g/mol. The van der Waals surface area contributed by atoms with Crippen LogP contribution in [0.2, 0.25) is 0 Å². The number of hydrogen-bond donors (Lipinski definition) is 1. The average molecular weight is 367 g/mol. The maximum Gasteiger partial charge on any atom is 0.331 e. The molecule has 1 N–H and O–H groups in total. The van der Waals surface area contributed by atoms with Gasteiger partial charge in [0, 0.05) is 37.1 Å². The van der Waals surface area contributed by atoms with Gasteiger partial charge in [-0.1, -0.05) is 24.6 Å². The van der Waals surface area contributed by atoms with E-state index in [0.29, 0.717) is 11.1 Å². The number of carboxylic acids is 1. The molecule has 1 aromatic carbocycles. The molecule has 6 nitrogen and oxygen atoms in total. The van der Waals surface area contributed by atoms with Gasteiger partial charge in [0.25, 0.3) is 5.91 Å². The zero-order valence-corrected chi connectivity index (χ0v) is 15.5. The third kappa shape index (κ3) is 4.71. The zero-order chi connectivity index (χ0) is 19.2. The minimum absolute atomic E-state index is 0.323. The Bertz CT molecular complexity index is 771. The molecular formula is C21H25N3O3. The van der Waals surface area contributed by atoms with Crippen molar-refractivity contribution in [2.75, 3.05) is 20.1 Å². The fraction of sp³-hybridized carbons (Fsp3) is 0.381. The lowest BCUT2D eigenvalue weighted by molar-refractivity contribution is -0.142. The summed E-state index contributed by atoms with van der Waals surface area (Å²) in [5.41, 5.74) is 2.12. The number of pyridine rings is 1. The number of nitrogens with zero attached hydrogens (tertiary/aromatic N) is 3. The number of carbonyl (C=O) groups is 2. The molecule has 142 valence electrons. The van der Waals surface area contributed by atoms with E-state index >= 15 is 0 Å². The fourth-order valence-corrected chi connectivity index (χ4v) is 3.52. The topological polar surface area (TPSA) is 73.7 Å². The van der Waals surface area contributed by atoms with E-state index in [0.717, 1.165) is 25.2 Å². The Labute approximate surface area is 159 Å². The molecule has 6 heteroatoms. The third-order valence-corrected chi connectivity index (χ3v) is 5.00. The number of piperidine rings is 1. The summed E-state index contributed by atoms with van der Waals surface area (Å²) in [6, 6.07) is 9.72. The second kappa shape index (κ2) is 8.77. The predicted molar refractivity (Wildman–Crippen MR) is 102 cm³/mol. The molecule has 0 saturated carbocycles. The van der Waals surface area contributed by atoms with Crippen LogP contribution in [-0.2, 0) is 11.3 Å². The van der Waals surface area contributed by atoms with Crippen molar-refractivity contribution in [3.8, 4) is 0 Å². The molecule has 1 atom stereocenters. The van der Waals surface area contributed by atoms with Gasteiger partial charge in [0.05, 0.1) is 0 Å². The molecule has 1 aliphatic heterocycles. The molecule has 2 aromatic rings. The van der Waals surface area contributed by atoms with E-state index < -0.39 is 12.0 Å². The molecule has 0 bridgehead atoms. The van der Waals surface area contributed by atoms with Gasteiger partial charge in [-0.2, -0.15) is 0 Å². The van der Waals surface area contributed by atoms with E-state index in [9.17, 15) is 14.7 Å². The predicted octanol–water partition coefficient (Wildman–Crippen LogP) is 2.97. The first-order valence-electron chi connectivity index (χ1n) is 9.27. The van der Waals surface area contributed by atoms with E-state index in [1.165, 1.54) is 37.4 Å². The molecule has 1 fully saturated rings. The first kappa shape index (κ1) is 19.0. The number of likely N-dealkylation sites (tertiary alicyclic amines) is 1. The number of rotatable bonds is 6. The molecule has 2 heterocycles. The highest BCUT2D eigenvalue weighted by Gasteiger charge is 2.29. The molecule has 1 aliphatic rings. The van der Waals surface area contributed by atoms with Crippen LogP contribution in [-0.4, -0.2) is 51.9 Å². The second-order valence-corrected chi connectivity index (χ2v) is 6.98. The summed E-state index contributed by atoms with van der Waals surface area (Å²) in [7, 11) is 1.51. The van der Waals surface area contributed by atoms with Crippen molar-refractivity contribution in [2.45, 2.75) is 31.8 Å². The Balaban J connectivity index is 1.71. The van der Waals surface area contributed by atoms with Crippen molar-refractivity contribution < 1.29 is 14.7 Å². The molecule has 1 aromatic heterocycles. The Morgan fingerprint density at radius 2 is 1.85 bits per heavy atom. The summed E-state index contributed by atoms with van der Waals surface area (Å²) < 4.78 is 0. The van der Waals surface area contributed by atoms with Gasteiger partial charge in [0.1, 0.15) is 0 Å². The van der Waals surface area contributed by atoms with Crippen molar-refractivity contribution in [1.29, 1.82) is 0 Å². The van der Waals surface area contributed by atoms with Crippen molar-refractivity contribution in [2.24, 2.45) is 0 Å². The summed E-state index contributed by atoms with van der Waals surface area (Å²) in [4.78, 5) is 32.2. The second-order valence-electron chi connectivity index (χ2n) is 6.98. The number of carbonyl (C=O) groups excluding carboxylic acids is 1. The summed E-state index contributed by atoms with van der Waals surface area (Å²) in [6.07, 6.45) is 6.84. The van der Waals surface area contributed by atoms with E-state index in [1.54, 1.807) is 30.5 Å². The van der Waals surface area contributed by atoms with Crippen LogP contribution >= 0.6 is 0 Å². The van der Waals surface area contributed by atoms with E-state index in [-0.39, 0.29) is 5.91 Å². The van der Waals surface area contributed by atoms with Gasteiger partial charge >= 0.3 is 5.97 Å². The van der Waals surface area contributed by atoms with Crippen LogP contribution in [0.3, 0.4) is 0 Å². The van der Waals surface area contributed by atoms with Gasteiger partial charge in [0.15, 0.2) is 6.04 Å². The number of benzene rings is 1. The third-order valence-electron chi connectivity index (χ3n) is 5.00. The average Bonchev–Trinajstić information content (AvgIpc) is 2.69. The number of aliphatic carboxylic acids is 1. The van der Waals surface area contributed by atoms with Gasteiger partial charge in [-0.25, -0.2) is 4.79 Å². The summed E-state index contributed by atoms with van der Waals surface area (Å²) in [6.45, 7) is 3.13. The SMILES string of the molecule is CN(C(=O)c1ccc(CN2CCCCC2)cc1)C(C(=O)O)c1cccnc1. The standard InChI is InChI=1S/C21H25N3O3/c1-23(19(21(26)27)18-6-5-11-22-14-18)20(25)17-9-7-16(8-10-17)15-24-12-3-2-4-13-24/h5-11,14,19H,2-4,12-13,15H2,1H3,(H,26,27). The summed E-state index contributed by atoms with van der Waals surface area (Å²) in [5, 5.41) is 9.59. The molecule has 1 unspecified atom stereocenters. The Hall–Kier alpha value is -2.73. The maximum atomic E-state index is 12.8. The number of hydrogen-bond acceptors (Lipinski definition) is 4. The molecule has 27 heavy (non-hydrogen) atoms. The van der Waals surface area contributed by atoms with Gasteiger partial charge in [0.2, 0.25) is 0 Å². The lowest BCUT2D eigenvalue weighted by atomic mass is 10.1. The summed E-state index contributed by atoms with van der Waals surface area (Å²) >= 11 is 0. The van der Waals surface area contributed by atoms with Crippen LogP contribution < -0.4 is 0 Å². The minimum atomic E-state index is -1.08. The Morgan fingerprint density at radius 3 is 2.44 bits per heavy atom. The van der Waals surface area contributed by atoms with Crippen molar-refractivity contribution in [3.05, 3.63) is 65.5 Å². The maximum absolute atomic E-state index is 12.8. The summed E-state index contributed by atoms with van der Waals surface area (Å²) in [5.74, 6) is -1.41. The van der Waals surface area contributed by atoms with Gasteiger partial charge in [-0.3, -0.25) is 14.7 Å². The minimum Gasteiger partial charge on any atom is -0.479 e. The molecule has 3 rings (SSSR count). The van der Waals surface area contributed by atoms with Crippen LogP contribution in [0.15, 0.2) is 48.8 Å². The molecule has 0 radical (unpaired) electrons. The smallest absolute Gasteiger partial charge is 0.331 e. The lowest BCUT2D eigenvalue weighted by Gasteiger charge is -2.27. The number of likely N-dealkylation sites (N-methyl/N-ethyl adjacent to an activating group) is 1. The van der Waals surface area contributed by atoms with Gasteiger partial charge in [-0.15, -0.1) is 0 Å². The lowest BCUT2D eigenvalue weighted by Crippen LogP contribution is -2.36. The van der Waals surface area contributed by atoms with Crippen molar-refractivity contribution >= 4 is 11.9 Å². The van der Waals surface area contributed by atoms with Crippen LogP contribution in [0.5, 0.6) is 0 Å². The van der Waals surface area contributed by atoms with Gasteiger partial charge < -0.3 is 10.0 Å². The zero-order valence-electron chi connectivity index (χ0n) is 15.5. The molecular weight excluding hydrogens is 342 g/mol. The van der Waals surface area contributed by atoms with E-state index in [4.69, 9.17) is 0 Å². The fourth-order valence-electron chi connectivity index (χ4n) is 3.52. The molecule has 1 saturated heterocycles. The number of aromatic nitrogens is 1. The Kier molecular flexibility index (Phi) is 6.19. The highest BCUT2D eigenvalue weighted by Crippen LogP contribution is 2.21. The highest BCUT2D eigenvalue weighted by atomic mass is 16.4. The van der Waals surface area contributed by atoms with Crippen LogP contribution in [0.4, 0.5) is 0 Å². The largest absolute Gasteiger partial charge is 0.479 e. The molecule has 0 aliphatic carbocycles. The van der Waals surface area contributed by atoms with E-state index in [2.05, 4.69) is 9.88 Å². The first-order chi connectivity index (χ1) is 13.1. The van der Waals surface area contributed by atoms with E-state index in [1.807, 2.05) is 12.1 Å². The number of carboxylic acid groups (broad SMARTS) is 1. The Morgan fingerprint density at radius 1 is 1.15 bits per heavy atom. The van der Waals surface area contributed by atoms with Gasteiger partial charge in [-0.05, 0) is 49.7 Å². The molecule has 0 spiro atoms.